The summed E-state index contributed by atoms with van der Waals surface area (Å²) in [5.74, 6) is -0.103. The highest BCUT2D eigenvalue weighted by Crippen LogP contribution is 2.17. The summed E-state index contributed by atoms with van der Waals surface area (Å²) in [5, 5.41) is 16.3. The number of nitrogen functional groups attached to an aromatic ring is 1. The second-order valence-electron chi connectivity index (χ2n) is 2.45. The largest absolute Gasteiger partial charge is 0.468 e. The molecule has 0 amide bonds. The van der Waals surface area contributed by atoms with E-state index >= 15 is 0 Å². The number of nitrogens with zero attached hydrogens (tertiary/aromatic N) is 4. The van der Waals surface area contributed by atoms with Crippen LogP contribution in [0.3, 0.4) is 0 Å². The Morgan fingerprint density at radius 1 is 1.73 bits per heavy atom. The summed E-state index contributed by atoms with van der Waals surface area (Å²) in [6.45, 7) is 0.0579. The van der Waals surface area contributed by atoms with Crippen LogP contribution in [0.25, 0.3) is 0 Å². The Kier molecular flexibility index (Phi) is 3.93. The van der Waals surface area contributed by atoms with Gasteiger partial charge in [0.05, 0.1) is 18.9 Å². The van der Waals surface area contributed by atoms with Crippen LogP contribution in [0.15, 0.2) is 5.16 Å². The number of rotatable bonds is 4. The summed E-state index contributed by atoms with van der Waals surface area (Å²) in [6.07, 6.45) is 0. The van der Waals surface area contributed by atoms with Gasteiger partial charge in [-0.2, -0.15) is 5.26 Å². The van der Waals surface area contributed by atoms with Crippen LogP contribution in [0.1, 0.15) is 0 Å². The number of carbonyl (C=O) groups excluding carboxylic acids is 1. The first-order chi connectivity index (χ1) is 7.19. The minimum absolute atomic E-state index is 0.0579. The fraction of sp³-hybridized carbons (Fsp3) is 0.429. The van der Waals surface area contributed by atoms with Crippen LogP contribution in [0.5, 0.6) is 0 Å². The van der Waals surface area contributed by atoms with E-state index in [-0.39, 0.29) is 24.2 Å². The number of methoxy groups -OCH3 is 1. The summed E-state index contributed by atoms with van der Waals surface area (Å²) in [7, 11) is 1.30. The summed E-state index contributed by atoms with van der Waals surface area (Å²) in [4.78, 5) is 10.9. The van der Waals surface area contributed by atoms with E-state index in [4.69, 9.17) is 11.0 Å². The number of anilines is 1. The van der Waals surface area contributed by atoms with Crippen LogP contribution >= 0.6 is 11.8 Å². The number of esters is 1. The molecule has 1 aromatic rings. The van der Waals surface area contributed by atoms with Gasteiger partial charge in [-0.15, -0.1) is 10.2 Å². The number of hydrogen-bond donors (Lipinski definition) is 1. The van der Waals surface area contributed by atoms with Crippen LogP contribution < -0.4 is 5.73 Å². The molecule has 0 atom stereocenters. The summed E-state index contributed by atoms with van der Waals surface area (Å²) in [5.41, 5.74) is 5.48. The van der Waals surface area contributed by atoms with Gasteiger partial charge < -0.3 is 10.5 Å². The van der Waals surface area contributed by atoms with Crippen molar-refractivity contribution in [1.29, 1.82) is 5.26 Å². The van der Waals surface area contributed by atoms with Crippen molar-refractivity contribution in [2.24, 2.45) is 0 Å². The molecular formula is C7H9N5O2S. The number of carbonyl (C=O) groups is 1. The first-order valence-corrected chi connectivity index (χ1v) is 4.92. The Morgan fingerprint density at radius 2 is 2.47 bits per heavy atom. The average Bonchev–Trinajstić information content (AvgIpc) is 2.58. The number of ether oxygens (including phenoxy) is 1. The standard InChI is InChI=1S/C7H9N5O2S/c1-14-5(13)4-15-7-11-10-6(9)12(7)3-2-8/h3-4H2,1H3,(H2,9,10). The molecule has 0 aliphatic rings. The third kappa shape index (κ3) is 2.85. The maximum Gasteiger partial charge on any atom is 0.316 e. The topological polar surface area (TPSA) is 107 Å². The molecule has 0 aliphatic heterocycles. The van der Waals surface area contributed by atoms with Gasteiger partial charge in [0.15, 0.2) is 5.16 Å². The first kappa shape index (κ1) is 11.3. The molecule has 0 unspecified atom stereocenters. The lowest BCUT2D eigenvalue weighted by Gasteiger charge is -2.01. The highest BCUT2D eigenvalue weighted by atomic mass is 32.2. The van der Waals surface area contributed by atoms with Gasteiger partial charge in [0.1, 0.15) is 6.54 Å². The highest BCUT2D eigenvalue weighted by Gasteiger charge is 2.11. The predicted molar refractivity (Wildman–Crippen MR) is 52.8 cm³/mol. The molecule has 0 aromatic carbocycles. The summed E-state index contributed by atoms with van der Waals surface area (Å²) >= 11 is 1.12. The Morgan fingerprint density at radius 3 is 3.07 bits per heavy atom. The lowest BCUT2D eigenvalue weighted by Crippen LogP contribution is -2.07. The molecule has 1 rings (SSSR count). The normalized spacial score (nSPS) is 9.60. The Hall–Kier alpha value is -1.75. The molecule has 0 bridgehead atoms. The van der Waals surface area contributed by atoms with E-state index in [0.717, 1.165) is 11.8 Å². The smallest absolute Gasteiger partial charge is 0.316 e. The third-order valence-electron chi connectivity index (χ3n) is 1.52. The zero-order valence-corrected chi connectivity index (χ0v) is 8.82. The van der Waals surface area contributed by atoms with Crippen LogP contribution in [0, 0.1) is 11.3 Å². The van der Waals surface area contributed by atoms with E-state index in [1.165, 1.54) is 11.7 Å². The van der Waals surface area contributed by atoms with E-state index in [2.05, 4.69) is 14.9 Å². The second kappa shape index (κ2) is 5.21. The highest BCUT2D eigenvalue weighted by molar-refractivity contribution is 7.99. The fourth-order valence-electron chi connectivity index (χ4n) is 0.808. The van der Waals surface area contributed by atoms with Crippen molar-refractivity contribution in [2.75, 3.05) is 18.6 Å². The quantitative estimate of drug-likeness (QED) is 0.553. The van der Waals surface area contributed by atoms with Crippen molar-refractivity contribution in [2.45, 2.75) is 11.7 Å². The Labute approximate surface area is 90.2 Å². The molecule has 0 aliphatic carbocycles. The molecule has 2 N–H and O–H groups in total. The third-order valence-corrected chi connectivity index (χ3v) is 2.46. The maximum absolute atomic E-state index is 10.9. The van der Waals surface area contributed by atoms with Gasteiger partial charge in [0.25, 0.3) is 0 Å². The molecular weight excluding hydrogens is 218 g/mol. The molecule has 0 saturated carbocycles. The molecule has 0 spiro atoms. The minimum Gasteiger partial charge on any atom is -0.468 e. The number of thioether (sulfide) groups is 1. The number of aromatic nitrogens is 3. The Balaban J connectivity index is 2.69. The van der Waals surface area contributed by atoms with Crippen LogP contribution in [0.4, 0.5) is 5.95 Å². The molecule has 8 heteroatoms. The van der Waals surface area contributed by atoms with Crippen molar-refractivity contribution < 1.29 is 9.53 Å². The fourth-order valence-corrected chi connectivity index (χ4v) is 1.59. The number of nitriles is 1. The van der Waals surface area contributed by atoms with Gasteiger partial charge in [-0.3, -0.25) is 9.36 Å². The van der Waals surface area contributed by atoms with Gasteiger partial charge in [-0.05, 0) is 0 Å². The maximum atomic E-state index is 10.9. The molecule has 7 nitrogen and oxygen atoms in total. The molecule has 1 aromatic heterocycles. The number of nitrogens with two attached hydrogens (primary N) is 1. The van der Waals surface area contributed by atoms with Crippen molar-refractivity contribution in [1.82, 2.24) is 14.8 Å². The van der Waals surface area contributed by atoms with Gasteiger partial charge in [-0.25, -0.2) is 0 Å². The zero-order chi connectivity index (χ0) is 11.3. The lowest BCUT2D eigenvalue weighted by atomic mass is 10.7. The second-order valence-corrected chi connectivity index (χ2v) is 3.39. The van der Waals surface area contributed by atoms with Crippen molar-refractivity contribution in [3.63, 3.8) is 0 Å². The van der Waals surface area contributed by atoms with E-state index in [1.807, 2.05) is 6.07 Å². The van der Waals surface area contributed by atoms with Gasteiger partial charge in [0, 0.05) is 0 Å². The predicted octanol–water partition coefficient (Wildman–Crippen LogP) is -0.351. The van der Waals surface area contributed by atoms with Crippen LogP contribution in [-0.2, 0) is 16.1 Å². The monoisotopic (exact) mass is 227 g/mol. The summed E-state index contributed by atoms with van der Waals surface area (Å²) in [6, 6.07) is 1.93. The van der Waals surface area contributed by atoms with E-state index in [9.17, 15) is 4.79 Å². The van der Waals surface area contributed by atoms with E-state index in [0.29, 0.717) is 5.16 Å². The zero-order valence-electron chi connectivity index (χ0n) is 8.01. The van der Waals surface area contributed by atoms with E-state index in [1.54, 1.807) is 0 Å². The molecule has 0 radical (unpaired) electrons. The van der Waals surface area contributed by atoms with Crippen LogP contribution in [-0.4, -0.2) is 33.6 Å². The van der Waals surface area contributed by atoms with Gasteiger partial charge in [-0.1, -0.05) is 11.8 Å². The molecule has 15 heavy (non-hydrogen) atoms. The van der Waals surface area contributed by atoms with Crippen LogP contribution in [0.2, 0.25) is 0 Å². The number of hydrogen-bond acceptors (Lipinski definition) is 7. The first-order valence-electron chi connectivity index (χ1n) is 3.94. The molecule has 0 fully saturated rings. The molecule has 80 valence electrons. The van der Waals surface area contributed by atoms with Gasteiger partial charge >= 0.3 is 5.97 Å². The average molecular weight is 227 g/mol. The lowest BCUT2D eigenvalue weighted by molar-refractivity contribution is -0.137. The van der Waals surface area contributed by atoms with Crippen molar-refractivity contribution in [3.05, 3.63) is 0 Å². The van der Waals surface area contributed by atoms with Gasteiger partial charge in [0.2, 0.25) is 5.95 Å². The van der Waals surface area contributed by atoms with Crippen molar-refractivity contribution >= 4 is 23.7 Å². The van der Waals surface area contributed by atoms with E-state index < -0.39 is 0 Å². The molecule has 0 saturated heterocycles. The molecule has 1 heterocycles. The Bertz CT molecular complexity index is 397. The summed E-state index contributed by atoms with van der Waals surface area (Å²) < 4.78 is 5.89. The SMILES string of the molecule is COC(=O)CSc1nnc(N)n1CC#N. The van der Waals surface area contributed by atoms with Crippen molar-refractivity contribution in [3.8, 4) is 6.07 Å². The minimum atomic E-state index is -0.370.